The molecule has 1 atom stereocenters. The minimum absolute atomic E-state index is 0.0435. The normalized spacial score (nSPS) is 16.7. The van der Waals surface area contributed by atoms with E-state index in [-0.39, 0.29) is 17.6 Å². The number of benzene rings is 3. The number of epoxide rings is 1. The number of ether oxygens (including phenoxy) is 1. The Hall–Kier alpha value is -2.41. The maximum absolute atomic E-state index is 13.2. The zero-order valence-electron chi connectivity index (χ0n) is 13.4. The summed E-state index contributed by atoms with van der Waals surface area (Å²) in [5.41, 5.74) is 0.455. The van der Waals surface area contributed by atoms with E-state index >= 15 is 0 Å². The molecular weight excluding hydrogens is 338 g/mol. The van der Waals surface area contributed by atoms with Crippen molar-refractivity contribution in [2.24, 2.45) is 0 Å². The van der Waals surface area contributed by atoms with Crippen LogP contribution in [0.15, 0.2) is 77.7 Å². The third kappa shape index (κ3) is 3.37. The van der Waals surface area contributed by atoms with Gasteiger partial charge in [-0.05, 0) is 35.0 Å². The van der Waals surface area contributed by atoms with Crippen LogP contribution in [0.5, 0.6) is 0 Å². The van der Waals surface area contributed by atoms with Crippen molar-refractivity contribution in [1.29, 1.82) is 0 Å². The lowest BCUT2D eigenvalue weighted by atomic mass is 10.1. The first-order valence-corrected chi connectivity index (χ1v) is 9.42. The minimum atomic E-state index is -3.86. The molecule has 3 aromatic carbocycles. The molecule has 5 nitrogen and oxygen atoms in total. The molecule has 0 spiro atoms. The number of hydrogen-bond donors (Lipinski definition) is 0. The molecule has 0 aromatic heterocycles. The van der Waals surface area contributed by atoms with Crippen molar-refractivity contribution in [3.63, 3.8) is 0 Å². The maximum atomic E-state index is 13.2. The van der Waals surface area contributed by atoms with E-state index in [1.54, 1.807) is 42.5 Å². The SMILES string of the molecule is O=S(=O)(c1ccc2ccccc2c1)N(OCC1CO1)c1ccccc1. The van der Waals surface area contributed by atoms with E-state index in [1.807, 2.05) is 30.3 Å². The standard InChI is InChI=1S/C19H17NO4S/c21-25(22,19-11-10-15-6-4-5-7-16(15)12-19)20(24-14-18-13-23-18)17-8-2-1-3-9-17/h1-12,18H,13-14H2. The highest BCUT2D eigenvalue weighted by atomic mass is 32.2. The lowest BCUT2D eigenvalue weighted by Crippen LogP contribution is -2.32. The molecule has 0 aliphatic carbocycles. The quantitative estimate of drug-likeness (QED) is 0.502. The molecule has 0 radical (unpaired) electrons. The van der Waals surface area contributed by atoms with E-state index in [0.29, 0.717) is 12.3 Å². The van der Waals surface area contributed by atoms with Gasteiger partial charge in [0.2, 0.25) is 0 Å². The molecule has 1 unspecified atom stereocenters. The molecule has 128 valence electrons. The predicted molar refractivity (Wildman–Crippen MR) is 95.7 cm³/mol. The van der Waals surface area contributed by atoms with Crippen LogP contribution in [0.2, 0.25) is 0 Å². The predicted octanol–water partition coefficient (Wildman–Crippen LogP) is 3.37. The Labute approximate surface area is 146 Å². The summed E-state index contributed by atoms with van der Waals surface area (Å²) in [6.45, 7) is 0.792. The van der Waals surface area contributed by atoms with Gasteiger partial charge >= 0.3 is 0 Å². The monoisotopic (exact) mass is 355 g/mol. The first-order valence-electron chi connectivity index (χ1n) is 7.98. The van der Waals surface area contributed by atoms with Crippen LogP contribution in [0.4, 0.5) is 5.69 Å². The molecule has 1 fully saturated rings. The van der Waals surface area contributed by atoms with Crippen LogP contribution in [0, 0.1) is 0 Å². The second-order valence-electron chi connectivity index (χ2n) is 5.83. The molecule has 0 bridgehead atoms. The summed E-state index contributed by atoms with van der Waals surface area (Å²) in [6.07, 6.45) is -0.0435. The van der Waals surface area contributed by atoms with Gasteiger partial charge in [0, 0.05) is 0 Å². The molecule has 1 aliphatic heterocycles. The average Bonchev–Trinajstić information content (AvgIpc) is 3.46. The van der Waals surface area contributed by atoms with Gasteiger partial charge in [0.15, 0.2) is 0 Å². The fourth-order valence-corrected chi connectivity index (χ4v) is 3.88. The highest BCUT2D eigenvalue weighted by Gasteiger charge is 2.30. The average molecular weight is 355 g/mol. The van der Waals surface area contributed by atoms with Crippen molar-refractivity contribution in [3.05, 3.63) is 72.8 Å². The van der Waals surface area contributed by atoms with Gasteiger partial charge in [0.25, 0.3) is 10.0 Å². The Morgan fingerprint density at radius 3 is 2.36 bits per heavy atom. The second-order valence-corrected chi connectivity index (χ2v) is 7.58. The summed E-state index contributed by atoms with van der Waals surface area (Å²) in [5, 5.41) is 1.85. The van der Waals surface area contributed by atoms with Crippen molar-refractivity contribution in [2.45, 2.75) is 11.0 Å². The Balaban J connectivity index is 1.74. The van der Waals surface area contributed by atoms with Crippen molar-refractivity contribution in [1.82, 2.24) is 0 Å². The van der Waals surface area contributed by atoms with E-state index in [2.05, 4.69) is 0 Å². The third-order valence-corrected chi connectivity index (χ3v) is 5.59. The highest BCUT2D eigenvalue weighted by Crippen LogP contribution is 2.27. The number of anilines is 1. The molecule has 1 aliphatic rings. The highest BCUT2D eigenvalue weighted by molar-refractivity contribution is 7.92. The lowest BCUT2D eigenvalue weighted by molar-refractivity contribution is 0.129. The zero-order valence-corrected chi connectivity index (χ0v) is 14.2. The van der Waals surface area contributed by atoms with Crippen molar-refractivity contribution < 1.29 is 18.0 Å². The molecule has 1 heterocycles. The van der Waals surface area contributed by atoms with E-state index in [0.717, 1.165) is 15.2 Å². The van der Waals surface area contributed by atoms with Crippen LogP contribution in [-0.4, -0.2) is 27.7 Å². The molecule has 3 aromatic rings. The van der Waals surface area contributed by atoms with Crippen LogP contribution < -0.4 is 4.47 Å². The number of nitrogens with zero attached hydrogens (tertiary/aromatic N) is 1. The van der Waals surface area contributed by atoms with Crippen LogP contribution in [0.3, 0.4) is 0 Å². The van der Waals surface area contributed by atoms with Gasteiger partial charge in [0.1, 0.15) is 12.7 Å². The molecule has 1 saturated heterocycles. The lowest BCUT2D eigenvalue weighted by Gasteiger charge is -2.23. The Bertz CT molecular complexity index is 984. The number of fused-ring (bicyclic) bond motifs is 1. The smallest absolute Gasteiger partial charge is 0.286 e. The largest absolute Gasteiger partial charge is 0.371 e. The van der Waals surface area contributed by atoms with E-state index < -0.39 is 10.0 Å². The van der Waals surface area contributed by atoms with Gasteiger partial charge in [0.05, 0.1) is 17.2 Å². The van der Waals surface area contributed by atoms with Gasteiger partial charge in [-0.2, -0.15) is 8.42 Å². The maximum Gasteiger partial charge on any atom is 0.286 e. The summed E-state index contributed by atoms with van der Waals surface area (Å²) >= 11 is 0. The van der Waals surface area contributed by atoms with E-state index in [9.17, 15) is 8.42 Å². The fourth-order valence-electron chi connectivity index (χ4n) is 2.57. The third-order valence-electron chi connectivity index (χ3n) is 3.98. The van der Waals surface area contributed by atoms with Crippen molar-refractivity contribution in [3.8, 4) is 0 Å². The van der Waals surface area contributed by atoms with Crippen molar-refractivity contribution >= 4 is 26.5 Å². The first-order chi connectivity index (χ1) is 12.1. The van der Waals surface area contributed by atoms with E-state index in [4.69, 9.17) is 9.57 Å². The summed E-state index contributed by atoms with van der Waals surface area (Å²) in [6, 6.07) is 21.5. The van der Waals surface area contributed by atoms with E-state index in [1.165, 1.54) is 0 Å². The van der Waals surface area contributed by atoms with Gasteiger partial charge in [-0.25, -0.2) is 0 Å². The number of sulfonamides is 1. The van der Waals surface area contributed by atoms with Gasteiger partial charge in [-0.1, -0.05) is 48.5 Å². The van der Waals surface area contributed by atoms with Gasteiger partial charge in [-0.15, -0.1) is 4.47 Å². The van der Waals surface area contributed by atoms with Crippen LogP contribution in [0.25, 0.3) is 10.8 Å². The molecular formula is C19H17NO4S. The van der Waals surface area contributed by atoms with Crippen molar-refractivity contribution in [2.75, 3.05) is 17.7 Å². The van der Waals surface area contributed by atoms with Crippen LogP contribution in [-0.2, 0) is 19.6 Å². The van der Waals surface area contributed by atoms with Gasteiger partial charge < -0.3 is 4.74 Å². The number of rotatable bonds is 6. The van der Waals surface area contributed by atoms with Crippen LogP contribution in [0.1, 0.15) is 0 Å². The molecule has 0 saturated carbocycles. The molecule has 6 heteroatoms. The Morgan fingerprint density at radius 1 is 0.960 bits per heavy atom. The number of para-hydroxylation sites is 1. The topological polar surface area (TPSA) is 59.1 Å². The summed E-state index contributed by atoms with van der Waals surface area (Å²) in [5.74, 6) is 0. The summed E-state index contributed by atoms with van der Waals surface area (Å²) in [4.78, 5) is 5.79. The zero-order chi connectivity index (χ0) is 17.3. The second kappa shape index (κ2) is 6.48. The summed E-state index contributed by atoms with van der Waals surface area (Å²) in [7, 11) is -3.86. The molecule has 4 rings (SSSR count). The first kappa shape index (κ1) is 16.1. The van der Waals surface area contributed by atoms with Crippen LogP contribution >= 0.6 is 0 Å². The minimum Gasteiger partial charge on any atom is -0.371 e. The number of hydrogen-bond acceptors (Lipinski definition) is 4. The van der Waals surface area contributed by atoms with Gasteiger partial charge in [-0.3, -0.25) is 4.84 Å². The molecule has 0 N–H and O–H groups in total. The summed E-state index contributed by atoms with van der Waals surface area (Å²) < 4.78 is 32.4. The Kier molecular flexibility index (Phi) is 4.17. The molecule has 25 heavy (non-hydrogen) atoms. The Morgan fingerprint density at radius 2 is 1.64 bits per heavy atom. The molecule has 0 amide bonds. The fraction of sp³-hybridized carbons (Fsp3) is 0.158.